The van der Waals surface area contributed by atoms with E-state index in [0.29, 0.717) is 17.8 Å². The molecule has 5 rings (SSSR count). The fourth-order valence-corrected chi connectivity index (χ4v) is 8.15. The van der Waals surface area contributed by atoms with Gasteiger partial charge in [0.15, 0.2) is 0 Å². The fraction of sp³-hybridized carbons (Fsp3) is 0.630. The first-order chi connectivity index (χ1) is 16.1. The molecule has 1 heterocycles. The SMILES string of the molecule is CC12CCC(OC(=O)CCS(=O)(=O)O)CC1=CCC1C2CCC2(C)C(c3cccnc3)=CCC12. The van der Waals surface area contributed by atoms with Gasteiger partial charge in [0.1, 0.15) is 6.10 Å². The lowest BCUT2D eigenvalue weighted by molar-refractivity contribution is -0.150. The first kappa shape index (κ1) is 23.7. The molecular weight excluding hydrogens is 450 g/mol. The van der Waals surface area contributed by atoms with Gasteiger partial charge in [-0.2, -0.15) is 8.42 Å². The van der Waals surface area contributed by atoms with Gasteiger partial charge in [-0.15, -0.1) is 0 Å². The van der Waals surface area contributed by atoms with Crippen molar-refractivity contribution < 1.29 is 22.5 Å². The second-order valence-electron chi connectivity index (χ2n) is 11.2. The molecule has 6 nitrogen and oxygen atoms in total. The van der Waals surface area contributed by atoms with Crippen LogP contribution in [0.3, 0.4) is 0 Å². The Morgan fingerprint density at radius 3 is 2.68 bits per heavy atom. The van der Waals surface area contributed by atoms with Gasteiger partial charge in [-0.05, 0) is 84.3 Å². The number of nitrogens with zero attached hydrogens (tertiary/aromatic N) is 1. The molecule has 0 radical (unpaired) electrons. The van der Waals surface area contributed by atoms with Crippen LogP contribution in [0.25, 0.3) is 5.57 Å². The fourth-order valence-electron chi connectivity index (χ4n) is 7.72. The number of hydrogen-bond acceptors (Lipinski definition) is 5. The lowest BCUT2D eigenvalue weighted by Crippen LogP contribution is -2.50. The normalized spacial score (nSPS) is 37.0. The molecule has 6 unspecified atom stereocenters. The molecule has 0 bridgehead atoms. The quantitative estimate of drug-likeness (QED) is 0.349. The van der Waals surface area contributed by atoms with E-state index in [1.54, 1.807) is 0 Å². The molecule has 34 heavy (non-hydrogen) atoms. The van der Waals surface area contributed by atoms with Crippen LogP contribution in [0.4, 0.5) is 0 Å². The van der Waals surface area contributed by atoms with E-state index in [-0.39, 0.29) is 23.4 Å². The largest absolute Gasteiger partial charge is 0.462 e. The van der Waals surface area contributed by atoms with Gasteiger partial charge >= 0.3 is 5.97 Å². The molecule has 1 aromatic heterocycles. The Morgan fingerprint density at radius 2 is 1.94 bits per heavy atom. The van der Waals surface area contributed by atoms with Crippen LogP contribution in [-0.2, 0) is 19.6 Å². The minimum atomic E-state index is -4.16. The topological polar surface area (TPSA) is 93.6 Å². The summed E-state index contributed by atoms with van der Waals surface area (Å²) < 4.78 is 36.3. The average Bonchev–Trinajstić information content (AvgIpc) is 3.15. The zero-order valence-corrected chi connectivity index (χ0v) is 20.9. The van der Waals surface area contributed by atoms with Crippen molar-refractivity contribution in [3.8, 4) is 0 Å². The molecule has 6 atom stereocenters. The van der Waals surface area contributed by atoms with E-state index in [9.17, 15) is 13.2 Å². The summed E-state index contributed by atoms with van der Waals surface area (Å²) in [6.07, 6.45) is 15.4. The lowest BCUT2D eigenvalue weighted by Gasteiger charge is -2.57. The van der Waals surface area contributed by atoms with Crippen molar-refractivity contribution in [2.45, 2.75) is 71.3 Å². The minimum Gasteiger partial charge on any atom is -0.462 e. The lowest BCUT2D eigenvalue weighted by atomic mass is 9.47. The van der Waals surface area contributed by atoms with Gasteiger partial charge in [0.05, 0.1) is 12.2 Å². The second-order valence-corrected chi connectivity index (χ2v) is 12.8. The van der Waals surface area contributed by atoms with Crippen molar-refractivity contribution >= 4 is 21.7 Å². The Morgan fingerprint density at radius 1 is 1.15 bits per heavy atom. The van der Waals surface area contributed by atoms with Gasteiger partial charge in [0.2, 0.25) is 0 Å². The molecule has 2 saturated carbocycles. The molecule has 1 aromatic rings. The number of fused-ring (bicyclic) bond motifs is 5. The van der Waals surface area contributed by atoms with Crippen molar-refractivity contribution in [1.29, 1.82) is 0 Å². The predicted octanol–water partition coefficient (Wildman–Crippen LogP) is 5.23. The summed E-state index contributed by atoms with van der Waals surface area (Å²) >= 11 is 0. The Labute approximate surface area is 202 Å². The van der Waals surface area contributed by atoms with Crippen LogP contribution in [0.2, 0.25) is 0 Å². The van der Waals surface area contributed by atoms with E-state index in [1.807, 2.05) is 18.5 Å². The molecule has 7 heteroatoms. The maximum atomic E-state index is 12.1. The molecule has 0 amide bonds. The number of hydrogen-bond donors (Lipinski definition) is 1. The summed E-state index contributed by atoms with van der Waals surface area (Å²) in [5, 5.41) is 0. The smallest absolute Gasteiger partial charge is 0.307 e. The van der Waals surface area contributed by atoms with Gasteiger partial charge < -0.3 is 4.74 Å². The molecule has 0 saturated heterocycles. The van der Waals surface area contributed by atoms with Gasteiger partial charge in [-0.3, -0.25) is 14.3 Å². The van der Waals surface area contributed by atoms with Crippen LogP contribution in [0.1, 0.15) is 70.8 Å². The molecule has 4 aliphatic rings. The van der Waals surface area contributed by atoms with Crippen molar-refractivity contribution in [3.05, 3.63) is 47.8 Å². The highest BCUT2D eigenvalue weighted by Crippen LogP contribution is 2.66. The van der Waals surface area contributed by atoms with Gasteiger partial charge in [0, 0.05) is 18.8 Å². The Balaban J connectivity index is 1.29. The van der Waals surface area contributed by atoms with Crippen LogP contribution in [-0.4, -0.2) is 35.8 Å². The highest BCUT2D eigenvalue weighted by Gasteiger charge is 2.57. The molecule has 184 valence electrons. The molecule has 1 N–H and O–H groups in total. The summed E-state index contributed by atoms with van der Waals surface area (Å²) in [4.78, 5) is 16.5. The molecule has 0 spiro atoms. The number of carbonyl (C=O) groups excluding carboxylic acids is 1. The summed E-state index contributed by atoms with van der Waals surface area (Å²) in [5.41, 5.74) is 4.49. The highest BCUT2D eigenvalue weighted by molar-refractivity contribution is 7.85. The Bertz CT molecular complexity index is 1130. The minimum absolute atomic E-state index is 0.138. The molecule has 0 aromatic carbocycles. The summed E-state index contributed by atoms with van der Waals surface area (Å²) in [7, 11) is -4.16. The number of esters is 1. The molecule has 0 aliphatic heterocycles. The molecular formula is C27H35NO5S. The monoisotopic (exact) mass is 485 g/mol. The first-order valence-corrected chi connectivity index (χ1v) is 14.2. The van der Waals surface area contributed by atoms with Gasteiger partial charge in [0.25, 0.3) is 10.1 Å². The van der Waals surface area contributed by atoms with Crippen LogP contribution < -0.4 is 0 Å². The molecule has 2 fully saturated rings. The average molecular weight is 486 g/mol. The maximum Gasteiger partial charge on any atom is 0.307 e. The summed E-state index contributed by atoms with van der Waals surface area (Å²) in [6.45, 7) is 4.88. The van der Waals surface area contributed by atoms with Crippen LogP contribution >= 0.6 is 0 Å². The Kier molecular flexibility index (Phi) is 6.00. The van der Waals surface area contributed by atoms with E-state index in [4.69, 9.17) is 9.29 Å². The van der Waals surface area contributed by atoms with E-state index >= 15 is 0 Å². The van der Waals surface area contributed by atoms with Gasteiger partial charge in [-0.1, -0.05) is 37.6 Å². The van der Waals surface area contributed by atoms with E-state index in [1.165, 1.54) is 29.6 Å². The van der Waals surface area contributed by atoms with Crippen LogP contribution in [0, 0.1) is 28.6 Å². The number of ether oxygens (including phenoxy) is 1. The third-order valence-electron chi connectivity index (χ3n) is 9.47. The number of aromatic nitrogens is 1. The van der Waals surface area contributed by atoms with E-state index in [2.05, 4.69) is 37.0 Å². The van der Waals surface area contributed by atoms with Crippen molar-refractivity contribution in [2.75, 3.05) is 5.75 Å². The number of rotatable bonds is 5. The number of pyridine rings is 1. The highest BCUT2D eigenvalue weighted by atomic mass is 32.2. The number of carbonyl (C=O) groups is 1. The maximum absolute atomic E-state index is 12.1. The number of allylic oxidation sites excluding steroid dienone is 3. The third kappa shape index (κ3) is 4.15. The Hall–Kier alpha value is -1.99. The zero-order valence-electron chi connectivity index (χ0n) is 20.1. The van der Waals surface area contributed by atoms with E-state index < -0.39 is 21.8 Å². The third-order valence-corrected chi connectivity index (χ3v) is 10.2. The van der Waals surface area contributed by atoms with Crippen molar-refractivity contribution in [2.24, 2.45) is 28.6 Å². The van der Waals surface area contributed by atoms with Gasteiger partial charge in [-0.25, -0.2) is 0 Å². The molecule has 4 aliphatic carbocycles. The first-order valence-electron chi connectivity index (χ1n) is 12.6. The van der Waals surface area contributed by atoms with Crippen LogP contribution in [0.5, 0.6) is 0 Å². The second kappa shape index (κ2) is 8.59. The summed E-state index contributed by atoms with van der Waals surface area (Å²) in [5.74, 6) is 0.814. The summed E-state index contributed by atoms with van der Waals surface area (Å²) in [6, 6.07) is 4.22. The zero-order chi connectivity index (χ0) is 24.1. The van der Waals surface area contributed by atoms with Crippen LogP contribution in [0.15, 0.2) is 42.3 Å². The van der Waals surface area contributed by atoms with E-state index in [0.717, 1.165) is 32.1 Å². The predicted molar refractivity (Wildman–Crippen MR) is 130 cm³/mol. The van der Waals surface area contributed by atoms with Crippen molar-refractivity contribution in [3.63, 3.8) is 0 Å². The standard InChI is InChI=1S/C27H35NO5S/c1-26-12-9-20(33-25(29)11-15-34(30,31)32)16-19(26)5-6-21-23-8-7-22(18-4-3-14-28-17-18)27(23,2)13-10-24(21)26/h3-5,7,14,17,20-21,23-24H,6,8-13,15-16H2,1-2H3,(H,30,31,32). The van der Waals surface area contributed by atoms with Crippen molar-refractivity contribution in [1.82, 2.24) is 4.98 Å².